The minimum absolute atomic E-state index is 0.0339. The Kier molecular flexibility index (Phi) is 5.52. The summed E-state index contributed by atoms with van der Waals surface area (Å²) in [7, 11) is 0. The maximum absolute atomic E-state index is 12.6. The summed E-state index contributed by atoms with van der Waals surface area (Å²) in [6, 6.07) is 19.5. The summed E-state index contributed by atoms with van der Waals surface area (Å²) in [6.45, 7) is 1.98. The molecule has 0 bridgehead atoms. The number of aliphatic hydroxyl groups excluding tert-OH is 1. The lowest BCUT2D eigenvalue weighted by Gasteiger charge is -2.20. The van der Waals surface area contributed by atoms with Crippen molar-refractivity contribution in [2.45, 2.75) is 25.3 Å². The van der Waals surface area contributed by atoms with E-state index in [1.165, 1.54) is 0 Å². The molecule has 21 heavy (non-hydrogen) atoms. The van der Waals surface area contributed by atoms with Crippen molar-refractivity contribution in [2.75, 3.05) is 6.61 Å². The topological polar surface area (TPSA) is 49.3 Å². The summed E-state index contributed by atoms with van der Waals surface area (Å²) < 4.78 is 0. The zero-order valence-corrected chi connectivity index (χ0v) is 12.2. The highest BCUT2D eigenvalue weighted by molar-refractivity contribution is 5.87. The van der Waals surface area contributed by atoms with Gasteiger partial charge in [-0.25, -0.2) is 0 Å². The van der Waals surface area contributed by atoms with E-state index in [0.29, 0.717) is 6.42 Å². The second-order valence-corrected chi connectivity index (χ2v) is 5.18. The number of carbonyl (C=O) groups is 1. The maximum atomic E-state index is 12.6. The minimum Gasteiger partial charge on any atom is -0.396 e. The molecular weight excluding hydrogens is 262 g/mol. The summed E-state index contributed by atoms with van der Waals surface area (Å²) in [5.41, 5.74) is 1.94. The number of aliphatic hydroxyl groups is 1. The summed E-state index contributed by atoms with van der Waals surface area (Å²) in [5, 5.41) is 11.9. The van der Waals surface area contributed by atoms with Crippen molar-refractivity contribution in [3.8, 4) is 0 Å². The number of benzene rings is 2. The maximum Gasteiger partial charge on any atom is 0.232 e. The zero-order chi connectivity index (χ0) is 15.1. The second kappa shape index (κ2) is 7.60. The molecule has 110 valence electrons. The molecule has 0 spiro atoms. The standard InChI is InChI=1S/C18H21NO2/c1-14(12-13-20)19-18(21)17(15-8-4-2-5-9-15)16-10-6-3-7-11-16/h2-11,14,17,20H,12-13H2,1H3,(H,19,21). The van der Waals surface area contributed by atoms with Gasteiger partial charge in [-0.2, -0.15) is 0 Å². The van der Waals surface area contributed by atoms with Crippen molar-refractivity contribution in [3.05, 3.63) is 71.8 Å². The molecule has 0 saturated heterocycles. The third-order valence-electron chi connectivity index (χ3n) is 3.48. The highest BCUT2D eigenvalue weighted by Gasteiger charge is 2.23. The lowest BCUT2D eigenvalue weighted by atomic mass is 9.90. The fraction of sp³-hybridized carbons (Fsp3) is 0.278. The summed E-state index contributed by atoms with van der Waals surface area (Å²) in [5.74, 6) is -0.359. The lowest BCUT2D eigenvalue weighted by Crippen LogP contribution is -2.37. The Morgan fingerprint density at radius 3 is 1.90 bits per heavy atom. The Bertz CT molecular complexity index is 514. The molecule has 0 heterocycles. The zero-order valence-electron chi connectivity index (χ0n) is 12.2. The van der Waals surface area contributed by atoms with Gasteiger partial charge in [-0.15, -0.1) is 0 Å². The number of carbonyl (C=O) groups excluding carboxylic acids is 1. The van der Waals surface area contributed by atoms with Crippen LogP contribution < -0.4 is 5.32 Å². The number of hydrogen-bond donors (Lipinski definition) is 2. The van der Waals surface area contributed by atoms with Gasteiger partial charge in [-0.1, -0.05) is 60.7 Å². The summed E-state index contributed by atoms with van der Waals surface area (Å²) in [4.78, 5) is 12.6. The summed E-state index contributed by atoms with van der Waals surface area (Å²) >= 11 is 0. The van der Waals surface area contributed by atoms with Crippen LogP contribution in [0.15, 0.2) is 60.7 Å². The fourth-order valence-electron chi connectivity index (χ4n) is 2.38. The number of nitrogens with one attached hydrogen (secondary N) is 1. The van der Waals surface area contributed by atoms with Gasteiger partial charge in [0.15, 0.2) is 0 Å². The first-order valence-electron chi connectivity index (χ1n) is 7.23. The van der Waals surface area contributed by atoms with Crippen LogP contribution in [0.2, 0.25) is 0 Å². The van der Waals surface area contributed by atoms with E-state index < -0.39 is 0 Å². The van der Waals surface area contributed by atoms with Crippen LogP contribution in [0.5, 0.6) is 0 Å². The Hall–Kier alpha value is -2.13. The van der Waals surface area contributed by atoms with E-state index in [2.05, 4.69) is 5.32 Å². The average Bonchev–Trinajstić information content (AvgIpc) is 2.50. The van der Waals surface area contributed by atoms with Crippen LogP contribution in [0, 0.1) is 0 Å². The smallest absolute Gasteiger partial charge is 0.232 e. The molecule has 0 aliphatic heterocycles. The van der Waals surface area contributed by atoms with Gasteiger partial charge in [0.05, 0.1) is 5.92 Å². The Morgan fingerprint density at radius 1 is 1.00 bits per heavy atom. The molecule has 0 fully saturated rings. The monoisotopic (exact) mass is 283 g/mol. The largest absolute Gasteiger partial charge is 0.396 e. The van der Waals surface area contributed by atoms with Gasteiger partial charge in [-0.05, 0) is 24.5 Å². The molecule has 0 radical (unpaired) electrons. The van der Waals surface area contributed by atoms with Gasteiger partial charge >= 0.3 is 0 Å². The van der Waals surface area contributed by atoms with Crippen LogP contribution in [0.4, 0.5) is 0 Å². The Labute approximate surface area is 125 Å². The van der Waals surface area contributed by atoms with Crippen LogP contribution in [-0.2, 0) is 4.79 Å². The predicted molar refractivity (Wildman–Crippen MR) is 84.0 cm³/mol. The van der Waals surface area contributed by atoms with Crippen molar-refractivity contribution in [2.24, 2.45) is 0 Å². The van der Waals surface area contributed by atoms with Crippen LogP contribution in [0.3, 0.4) is 0 Å². The van der Waals surface area contributed by atoms with Crippen molar-refractivity contribution >= 4 is 5.91 Å². The quantitative estimate of drug-likeness (QED) is 0.856. The molecule has 2 aromatic rings. The molecule has 2 aromatic carbocycles. The molecule has 3 nitrogen and oxygen atoms in total. The number of amides is 1. The van der Waals surface area contributed by atoms with Gasteiger partial charge in [-0.3, -0.25) is 4.79 Å². The van der Waals surface area contributed by atoms with E-state index in [4.69, 9.17) is 5.11 Å². The van der Waals surface area contributed by atoms with Crippen molar-refractivity contribution in [1.82, 2.24) is 5.32 Å². The molecule has 0 aliphatic carbocycles. The van der Waals surface area contributed by atoms with Gasteiger partial charge in [0.2, 0.25) is 5.91 Å². The Morgan fingerprint density at radius 2 is 1.48 bits per heavy atom. The third-order valence-corrected chi connectivity index (χ3v) is 3.48. The van der Waals surface area contributed by atoms with E-state index >= 15 is 0 Å². The first-order chi connectivity index (χ1) is 10.2. The van der Waals surface area contributed by atoms with Crippen molar-refractivity contribution in [1.29, 1.82) is 0 Å². The highest BCUT2D eigenvalue weighted by Crippen LogP contribution is 2.24. The number of hydrogen-bond acceptors (Lipinski definition) is 2. The van der Waals surface area contributed by atoms with E-state index in [0.717, 1.165) is 11.1 Å². The van der Waals surface area contributed by atoms with Crippen LogP contribution >= 0.6 is 0 Å². The normalized spacial score (nSPS) is 12.1. The van der Waals surface area contributed by atoms with E-state index in [1.807, 2.05) is 67.6 Å². The van der Waals surface area contributed by atoms with Crippen molar-refractivity contribution < 1.29 is 9.90 Å². The van der Waals surface area contributed by atoms with E-state index in [1.54, 1.807) is 0 Å². The molecule has 1 atom stereocenters. The number of rotatable bonds is 6. The first kappa shape index (κ1) is 15.3. The molecule has 1 unspecified atom stereocenters. The molecule has 3 heteroatoms. The second-order valence-electron chi connectivity index (χ2n) is 5.18. The Balaban J connectivity index is 2.27. The van der Waals surface area contributed by atoms with E-state index in [9.17, 15) is 4.79 Å². The minimum atomic E-state index is -0.325. The molecule has 2 rings (SSSR count). The average molecular weight is 283 g/mol. The van der Waals surface area contributed by atoms with Crippen molar-refractivity contribution in [3.63, 3.8) is 0 Å². The third kappa shape index (κ3) is 4.17. The van der Waals surface area contributed by atoms with Crippen LogP contribution in [-0.4, -0.2) is 23.7 Å². The van der Waals surface area contributed by atoms with Crippen LogP contribution in [0.25, 0.3) is 0 Å². The molecule has 0 aromatic heterocycles. The van der Waals surface area contributed by atoms with E-state index in [-0.39, 0.29) is 24.5 Å². The molecular formula is C18H21NO2. The van der Waals surface area contributed by atoms with Gasteiger partial charge < -0.3 is 10.4 Å². The lowest BCUT2D eigenvalue weighted by molar-refractivity contribution is -0.122. The molecule has 0 saturated carbocycles. The van der Waals surface area contributed by atoms with Gasteiger partial charge in [0, 0.05) is 12.6 Å². The SMILES string of the molecule is CC(CCO)NC(=O)C(c1ccccc1)c1ccccc1. The first-order valence-corrected chi connectivity index (χ1v) is 7.23. The molecule has 2 N–H and O–H groups in total. The van der Waals surface area contributed by atoms with Gasteiger partial charge in [0.25, 0.3) is 0 Å². The molecule has 1 amide bonds. The van der Waals surface area contributed by atoms with Gasteiger partial charge in [0.1, 0.15) is 0 Å². The summed E-state index contributed by atoms with van der Waals surface area (Å²) in [6.07, 6.45) is 0.558. The predicted octanol–water partition coefficient (Wildman–Crippen LogP) is 2.71. The molecule has 0 aliphatic rings. The highest BCUT2D eigenvalue weighted by atomic mass is 16.3. The fourth-order valence-corrected chi connectivity index (χ4v) is 2.38. The van der Waals surface area contributed by atoms with Crippen LogP contribution in [0.1, 0.15) is 30.4 Å².